The van der Waals surface area contributed by atoms with Crippen molar-refractivity contribution in [3.63, 3.8) is 0 Å². The van der Waals surface area contributed by atoms with Crippen molar-refractivity contribution in [1.29, 1.82) is 0 Å². The molecule has 2 aromatic carbocycles. The second-order valence-corrected chi connectivity index (χ2v) is 9.86. The van der Waals surface area contributed by atoms with E-state index in [-0.39, 0.29) is 22.3 Å². The number of aliphatic hydroxyl groups excluding tert-OH is 2. The lowest BCUT2D eigenvalue weighted by molar-refractivity contribution is 0.199. The van der Waals surface area contributed by atoms with Crippen LogP contribution in [-0.4, -0.2) is 29.5 Å². The van der Waals surface area contributed by atoms with Gasteiger partial charge < -0.3 is 20.1 Å². The van der Waals surface area contributed by atoms with Crippen molar-refractivity contribution < 1.29 is 14.6 Å². The Hall–Kier alpha value is -4.93. The lowest BCUT2D eigenvalue weighted by atomic mass is 9.99. The Kier molecular flexibility index (Phi) is 7.36. The number of hydrogen-bond donors (Lipinski definition) is 3. The van der Waals surface area contributed by atoms with Gasteiger partial charge >= 0.3 is 0 Å². The molecule has 0 radical (unpaired) electrons. The molecule has 0 bridgehead atoms. The third kappa shape index (κ3) is 5.18. The molecule has 5 aromatic rings. The Morgan fingerprint density at radius 2 is 1.90 bits per heavy atom. The molecule has 3 aromatic heterocycles. The number of halogens is 1. The van der Waals surface area contributed by atoms with E-state index in [1.807, 2.05) is 0 Å². The highest BCUT2D eigenvalue weighted by atomic mass is 19.1. The van der Waals surface area contributed by atoms with Gasteiger partial charge in [-0.15, -0.1) is 0 Å². The summed E-state index contributed by atoms with van der Waals surface area (Å²) in [4.78, 5) is 30.6. The Morgan fingerprint density at radius 3 is 2.56 bits per heavy atom. The third-order valence-electron chi connectivity index (χ3n) is 6.90. The normalized spacial score (nSPS) is 12.0. The molecule has 208 valence electrons. The van der Waals surface area contributed by atoms with E-state index in [4.69, 9.17) is 0 Å². The molecule has 10 heteroatoms. The van der Waals surface area contributed by atoms with Gasteiger partial charge in [0.05, 0.1) is 30.0 Å². The van der Waals surface area contributed by atoms with Crippen molar-refractivity contribution in [2.24, 2.45) is 7.05 Å². The molecule has 1 unspecified atom stereocenters. The first-order chi connectivity index (χ1) is 19.6. The van der Waals surface area contributed by atoms with Crippen molar-refractivity contribution >= 4 is 27.9 Å². The summed E-state index contributed by atoms with van der Waals surface area (Å²) in [7, 11) is 1.60. The van der Waals surface area contributed by atoms with Gasteiger partial charge in [-0.3, -0.25) is 9.59 Å². The summed E-state index contributed by atoms with van der Waals surface area (Å²) < 4.78 is 17.5. The maximum absolute atomic E-state index is 15.1. The molecular weight excluding hydrogens is 525 g/mol. The molecule has 0 fully saturated rings. The molecule has 9 nitrogen and oxygen atoms in total. The zero-order valence-corrected chi connectivity index (χ0v) is 22.7. The fraction of sp³-hybridized carbons (Fsp3) is 0.161. The average molecular weight is 554 g/mol. The average Bonchev–Trinajstić information content (AvgIpc) is 2.95. The second-order valence-electron chi connectivity index (χ2n) is 9.86. The van der Waals surface area contributed by atoms with E-state index in [9.17, 15) is 19.8 Å². The number of nitrogens with zero attached hydrogens (tertiary/aromatic N) is 4. The highest BCUT2D eigenvalue weighted by molar-refractivity contribution is 5.85. The quantitative estimate of drug-likeness (QED) is 0.269. The Labute approximate surface area is 234 Å². The summed E-state index contributed by atoms with van der Waals surface area (Å²) in [6.45, 7) is 6.76. The number of pyridine rings is 2. The number of allylic oxidation sites excluding steroid dienone is 1. The van der Waals surface area contributed by atoms with Gasteiger partial charge in [-0.1, -0.05) is 30.4 Å². The fourth-order valence-electron chi connectivity index (χ4n) is 4.67. The van der Waals surface area contributed by atoms with Gasteiger partial charge in [0, 0.05) is 36.0 Å². The number of rotatable bonds is 7. The molecule has 5 rings (SSSR count). The van der Waals surface area contributed by atoms with E-state index in [1.165, 1.54) is 23.0 Å². The second kappa shape index (κ2) is 10.9. The van der Waals surface area contributed by atoms with E-state index in [0.717, 1.165) is 4.68 Å². The Balaban J connectivity index is 1.62. The first-order valence-corrected chi connectivity index (χ1v) is 12.8. The number of nitrogens with one attached hydrogen (secondary N) is 1. The van der Waals surface area contributed by atoms with Crippen LogP contribution in [0.25, 0.3) is 33.2 Å². The van der Waals surface area contributed by atoms with Crippen molar-refractivity contribution in [2.45, 2.75) is 26.6 Å². The number of aryl methyl sites for hydroxylation is 1. The van der Waals surface area contributed by atoms with E-state index >= 15 is 4.39 Å². The largest absolute Gasteiger partial charge is 0.392 e. The summed E-state index contributed by atoms with van der Waals surface area (Å²) in [5.74, 6) is -0.282. The molecule has 0 saturated heterocycles. The minimum absolute atomic E-state index is 0.123. The van der Waals surface area contributed by atoms with Crippen LogP contribution in [0.4, 0.5) is 15.9 Å². The summed E-state index contributed by atoms with van der Waals surface area (Å²) >= 11 is 0. The SMILES string of the molecule is C=C(C)c1cc(F)c2c(=O)n(-c3cccc(-c4cc(Nc5ccc(C(C)O)cn5)c(=O)n(C)c4)c3CO)ncc2c1. The lowest BCUT2D eigenvalue weighted by Crippen LogP contribution is -2.23. The lowest BCUT2D eigenvalue weighted by Gasteiger charge is -2.16. The van der Waals surface area contributed by atoms with E-state index in [1.54, 1.807) is 69.6 Å². The van der Waals surface area contributed by atoms with Gasteiger partial charge in [-0.2, -0.15) is 9.78 Å². The number of fused-ring (bicyclic) bond motifs is 1. The molecule has 0 saturated carbocycles. The van der Waals surface area contributed by atoms with Crippen molar-refractivity contribution in [3.8, 4) is 16.8 Å². The number of benzene rings is 2. The molecule has 0 aliphatic rings. The van der Waals surface area contributed by atoms with Crippen LogP contribution in [0.3, 0.4) is 0 Å². The summed E-state index contributed by atoms with van der Waals surface area (Å²) in [6.07, 6.45) is 3.87. The number of hydrogen-bond acceptors (Lipinski definition) is 7. The molecule has 3 N–H and O–H groups in total. The van der Waals surface area contributed by atoms with Gasteiger partial charge in [-0.25, -0.2) is 9.37 Å². The van der Waals surface area contributed by atoms with Crippen LogP contribution < -0.4 is 16.4 Å². The third-order valence-corrected chi connectivity index (χ3v) is 6.90. The fourth-order valence-corrected chi connectivity index (χ4v) is 4.67. The molecular formula is C31H28FN5O4. The number of anilines is 2. The van der Waals surface area contributed by atoms with Crippen LogP contribution in [0.2, 0.25) is 0 Å². The Bertz CT molecular complexity index is 1930. The molecule has 1 atom stereocenters. The predicted molar refractivity (Wildman–Crippen MR) is 157 cm³/mol. The van der Waals surface area contributed by atoms with Crippen molar-refractivity contribution in [2.75, 3.05) is 5.32 Å². The summed E-state index contributed by atoms with van der Waals surface area (Å²) in [6, 6.07) is 13.0. The monoisotopic (exact) mass is 553 g/mol. The minimum Gasteiger partial charge on any atom is -0.392 e. The predicted octanol–water partition coefficient (Wildman–Crippen LogP) is 4.61. The first kappa shape index (κ1) is 27.6. The van der Waals surface area contributed by atoms with E-state index < -0.39 is 24.1 Å². The standard InChI is InChI=1S/C31H28FN5O4/c1-17(2)20-10-21-14-34-37(31(41)29(21)25(32)11-20)27-7-5-6-23(24(27)16-38)22-12-26(30(40)36(4)15-22)35-28-9-8-19(13-33-28)18(3)39/h5-15,18,38-39H,1,16H2,2-4H3,(H,33,35). The molecule has 0 amide bonds. The molecule has 41 heavy (non-hydrogen) atoms. The van der Waals surface area contributed by atoms with Crippen molar-refractivity contribution in [1.82, 2.24) is 19.3 Å². The topological polar surface area (TPSA) is 122 Å². The van der Waals surface area contributed by atoms with E-state index in [2.05, 4.69) is 22.0 Å². The first-order valence-electron chi connectivity index (χ1n) is 12.8. The van der Waals surface area contributed by atoms with Crippen LogP contribution in [-0.2, 0) is 13.7 Å². The van der Waals surface area contributed by atoms with Crippen LogP contribution in [0.15, 0.2) is 83.3 Å². The van der Waals surface area contributed by atoms with Crippen LogP contribution in [0, 0.1) is 5.82 Å². The van der Waals surface area contributed by atoms with Crippen LogP contribution >= 0.6 is 0 Å². The summed E-state index contributed by atoms with van der Waals surface area (Å²) in [5.41, 5.74) is 2.87. The highest BCUT2D eigenvalue weighted by Crippen LogP contribution is 2.30. The molecule has 0 aliphatic carbocycles. The summed E-state index contributed by atoms with van der Waals surface area (Å²) in [5, 5.41) is 27.7. The molecule has 0 aliphatic heterocycles. The van der Waals surface area contributed by atoms with Gasteiger partial charge in [0.25, 0.3) is 11.1 Å². The number of aliphatic hydroxyl groups is 2. The maximum Gasteiger partial charge on any atom is 0.282 e. The van der Waals surface area contributed by atoms with Gasteiger partial charge in [0.1, 0.15) is 17.3 Å². The van der Waals surface area contributed by atoms with Gasteiger partial charge in [0.2, 0.25) is 0 Å². The maximum atomic E-state index is 15.1. The van der Waals surface area contributed by atoms with E-state index in [0.29, 0.717) is 44.6 Å². The van der Waals surface area contributed by atoms with Crippen LogP contribution in [0.5, 0.6) is 0 Å². The van der Waals surface area contributed by atoms with Gasteiger partial charge in [-0.05, 0) is 60.9 Å². The Morgan fingerprint density at radius 1 is 1.12 bits per heavy atom. The van der Waals surface area contributed by atoms with Gasteiger partial charge in [0.15, 0.2) is 0 Å². The highest BCUT2D eigenvalue weighted by Gasteiger charge is 2.18. The number of aromatic nitrogens is 4. The molecule has 0 spiro atoms. The molecule has 3 heterocycles. The smallest absolute Gasteiger partial charge is 0.282 e. The van der Waals surface area contributed by atoms with Crippen molar-refractivity contribution in [3.05, 3.63) is 117 Å². The zero-order valence-electron chi connectivity index (χ0n) is 22.7. The van der Waals surface area contributed by atoms with Crippen LogP contribution in [0.1, 0.15) is 36.6 Å². The minimum atomic E-state index is -0.688. The zero-order chi connectivity index (χ0) is 29.4.